The first-order chi connectivity index (χ1) is 9.63. The standard InChI is InChI=1S/C15H26N4O.ClH/c1-13-7-17-19(8-13)10-14-9-18(5-6-20-14)12-15(2)3-4-16-11-15;/h7-8,14,16H,3-6,9-12H2,1-2H3;1H. The van der Waals surface area contributed by atoms with Crippen LogP contribution in [-0.2, 0) is 11.3 Å². The van der Waals surface area contributed by atoms with E-state index in [9.17, 15) is 0 Å². The normalized spacial score (nSPS) is 30.3. The molecule has 120 valence electrons. The Labute approximate surface area is 133 Å². The summed E-state index contributed by atoms with van der Waals surface area (Å²) in [5, 5.41) is 7.84. The maximum Gasteiger partial charge on any atom is 0.0898 e. The van der Waals surface area contributed by atoms with E-state index >= 15 is 0 Å². The lowest BCUT2D eigenvalue weighted by Crippen LogP contribution is -2.48. The summed E-state index contributed by atoms with van der Waals surface area (Å²) in [6.07, 6.45) is 5.55. The first-order valence-corrected chi connectivity index (χ1v) is 7.67. The van der Waals surface area contributed by atoms with Gasteiger partial charge in [-0.2, -0.15) is 5.10 Å². The number of aromatic nitrogens is 2. The number of hydrogen-bond acceptors (Lipinski definition) is 4. The molecule has 2 fully saturated rings. The van der Waals surface area contributed by atoms with Crippen LogP contribution in [0.1, 0.15) is 18.9 Å². The SMILES string of the molecule is Cc1cnn(CC2CN(CC3(C)CCNC3)CCO2)c1.Cl. The van der Waals surface area contributed by atoms with Gasteiger partial charge in [-0.15, -0.1) is 12.4 Å². The Hall–Kier alpha value is -0.620. The highest BCUT2D eigenvalue weighted by Crippen LogP contribution is 2.26. The van der Waals surface area contributed by atoms with Crippen LogP contribution in [0, 0.1) is 12.3 Å². The Balaban J connectivity index is 0.00000161. The number of nitrogens with one attached hydrogen (secondary N) is 1. The third-order valence-corrected chi connectivity index (χ3v) is 4.44. The Morgan fingerprint density at radius 3 is 3.05 bits per heavy atom. The molecule has 0 amide bonds. The maximum absolute atomic E-state index is 5.90. The molecule has 6 heteroatoms. The number of ether oxygens (including phenoxy) is 1. The molecular formula is C15H27ClN4O. The summed E-state index contributed by atoms with van der Waals surface area (Å²) in [6, 6.07) is 0. The van der Waals surface area contributed by atoms with Crippen molar-refractivity contribution in [3.63, 3.8) is 0 Å². The van der Waals surface area contributed by atoms with Crippen molar-refractivity contribution in [2.45, 2.75) is 32.9 Å². The second kappa shape index (κ2) is 7.09. The van der Waals surface area contributed by atoms with E-state index < -0.39 is 0 Å². The first kappa shape index (κ1) is 16.7. The van der Waals surface area contributed by atoms with Gasteiger partial charge in [0.2, 0.25) is 0 Å². The van der Waals surface area contributed by atoms with Crippen molar-refractivity contribution in [3.8, 4) is 0 Å². The van der Waals surface area contributed by atoms with Gasteiger partial charge in [0.15, 0.2) is 0 Å². The fourth-order valence-electron chi connectivity index (χ4n) is 3.35. The second-order valence-corrected chi connectivity index (χ2v) is 6.71. The van der Waals surface area contributed by atoms with E-state index in [-0.39, 0.29) is 18.5 Å². The molecule has 3 rings (SSSR count). The molecule has 2 aliphatic rings. The summed E-state index contributed by atoms with van der Waals surface area (Å²) >= 11 is 0. The van der Waals surface area contributed by atoms with Crippen molar-refractivity contribution in [2.24, 2.45) is 5.41 Å². The van der Waals surface area contributed by atoms with Gasteiger partial charge in [-0.05, 0) is 30.9 Å². The quantitative estimate of drug-likeness (QED) is 0.910. The number of halogens is 1. The fraction of sp³-hybridized carbons (Fsp3) is 0.800. The van der Waals surface area contributed by atoms with Gasteiger partial charge < -0.3 is 10.1 Å². The molecule has 1 aromatic heterocycles. The average molecular weight is 315 g/mol. The zero-order valence-corrected chi connectivity index (χ0v) is 13.9. The Bertz CT molecular complexity index is 445. The summed E-state index contributed by atoms with van der Waals surface area (Å²) in [7, 11) is 0. The Morgan fingerprint density at radius 2 is 2.38 bits per heavy atom. The van der Waals surface area contributed by atoms with Gasteiger partial charge in [0.1, 0.15) is 0 Å². The van der Waals surface area contributed by atoms with Gasteiger partial charge >= 0.3 is 0 Å². The molecule has 2 aliphatic heterocycles. The van der Waals surface area contributed by atoms with Crippen LogP contribution in [0.4, 0.5) is 0 Å². The van der Waals surface area contributed by atoms with Crippen molar-refractivity contribution in [2.75, 3.05) is 39.3 Å². The van der Waals surface area contributed by atoms with E-state index in [1.165, 1.54) is 18.5 Å². The van der Waals surface area contributed by atoms with Crippen LogP contribution in [0.5, 0.6) is 0 Å². The molecule has 2 atom stereocenters. The van der Waals surface area contributed by atoms with Crippen LogP contribution in [0.25, 0.3) is 0 Å². The molecule has 0 aromatic carbocycles. The number of rotatable bonds is 4. The lowest BCUT2D eigenvalue weighted by molar-refractivity contribution is -0.0466. The minimum Gasteiger partial charge on any atom is -0.374 e. The summed E-state index contributed by atoms with van der Waals surface area (Å²) in [5.41, 5.74) is 1.65. The highest BCUT2D eigenvalue weighted by Gasteiger charge is 2.32. The van der Waals surface area contributed by atoms with Gasteiger partial charge in [0.05, 0.1) is 25.5 Å². The largest absolute Gasteiger partial charge is 0.374 e. The van der Waals surface area contributed by atoms with Crippen LogP contribution in [-0.4, -0.2) is 60.1 Å². The van der Waals surface area contributed by atoms with Gasteiger partial charge in [-0.3, -0.25) is 9.58 Å². The van der Waals surface area contributed by atoms with E-state index in [0.717, 1.165) is 39.3 Å². The smallest absolute Gasteiger partial charge is 0.0898 e. The molecule has 0 aliphatic carbocycles. The summed E-state index contributed by atoms with van der Waals surface area (Å²) in [5.74, 6) is 0. The summed E-state index contributed by atoms with van der Waals surface area (Å²) < 4.78 is 7.90. The van der Waals surface area contributed by atoms with Gasteiger partial charge in [-0.1, -0.05) is 6.92 Å². The summed E-state index contributed by atoms with van der Waals surface area (Å²) in [4.78, 5) is 2.57. The predicted octanol–water partition coefficient (Wildman–Crippen LogP) is 1.31. The van der Waals surface area contributed by atoms with Crippen molar-refractivity contribution in [1.29, 1.82) is 0 Å². The van der Waals surface area contributed by atoms with Gasteiger partial charge in [0, 0.05) is 32.4 Å². The van der Waals surface area contributed by atoms with Gasteiger partial charge in [-0.25, -0.2) is 0 Å². The molecule has 1 N–H and O–H groups in total. The molecule has 0 saturated carbocycles. The van der Waals surface area contributed by atoms with Crippen molar-refractivity contribution in [1.82, 2.24) is 20.0 Å². The molecule has 5 nitrogen and oxygen atoms in total. The van der Waals surface area contributed by atoms with Crippen molar-refractivity contribution in [3.05, 3.63) is 18.0 Å². The number of morpholine rings is 1. The minimum absolute atomic E-state index is 0. The molecule has 0 bridgehead atoms. The Kier molecular flexibility index (Phi) is 5.66. The summed E-state index contributed by atoms with van der Waals surface area (Å²) in [6.45, 7) is 11.7. The first-order valence-electron chi connectivity index (χ1n) is 7.67. The van der Waals surface area contributed by atoms with E-state index in [0.29, 0.717) is 5.41 Å². The fourth-order valence-corrected chi connectivity index (χ4v) is 3.35. The van der Waals surface area contributed by atoms with Crippen molar-refractivity contribution < 1.29 is 4.74 Å². The average Bonchev–Trinajstić information content (AvgIpc) is 2.99. The third kappa shape index (κ3) is 4.42. The van der Waals surface area contributed by atoms with Crippen LogP contribution >= 0.6 is 12.4 Å². The van der Waals surface area contributed by atoms with Crippen molar-refractivity contribution >= 4 is 12.4 Å². The Morgan fingerprint density at radius 1 is 1.52 bits per heavy atom. The van der Waals surface area contributed by atoms with Crippen LogP contribution in [0.3, 0.4) is 0 Å². The minimum atomic E-state index is 0. The number of hydrogen-bond donors (Lipinski definition) is 1. The number of nitrogens with zero attached hydrogens (tertiary/aromatic N) is 3. The molecular weight excluding hydrogens is 288 g/mol. The highest BCUT2D eigenvalue weighted by molar-refractivity contribution is 5.85. The van der Waals surface area contributed by atoms with Gasteiger partial charge in [0.25, 0.3) is 0 Å². The van der Waals surface area contributed by atoms with E-state index in [4.69, 9.17) is 4.74 Å². The predicted molar refractivity (Wildman–Crippen MR) is 86.0 cm³/mol. The zero-order chi connectivity index (χ0) is 14.0. The van der Waals surface area contributed by atoms with E-state index in [1.54, 1.807) is 0 Å². The molecule has 21 heavy (non-hydrogen) atoms. The van der Waals surface area contributed by atoms with E-state index in [2.05, 4.69) is 35.4 Å². The van der Waals surface area contributed by atoms with Crippen LogP contribution in [0.15, 0.2) is 12.4 Å². The molecule has 1 aromatic rings. The van der Waals surface area contributed by atoms with E-state index in [1.807, 2.05) is 10.9 Å². The molecule has 0 spiro atoms. The molecule has 2 saturated heterocycles. The molecule has 0 radical (unpaired) electrons. The lowest BCUT2D eigenvalue weighted by atomic mass is 9.89. The number of aryl methyl sites for hydroxylation is 1. The topological polar surface area (TPSA) is 42.3 Å². The second-order valence-electron chi connectivity index (χ2n) is 6.71. The lowest BCUT2D eigenvalue weighted by Gasteiger charge is -2.37. The van der Waals surface area contributed by atoms with Crippen LogP contribution < -0.4 is 5.32 Å². The highest BCUT2D eigenvalue weighted by atomic mass is 35.5. The zero-order valence-electron chi connectivity index (χ0n) is 13.0. The monoisotopic (exact) mass is 314 g/mol. The molecule has 3 heterocycles. The van der Waals surface area contributed by atoms with Crippen LogP contribution in [0.2, 0.25) is 0 Å². The third-order valence-electron chi connectivity index (χ3n) is 4.44. The maximum atomic E-state index is 5.90. The molecule has 2 unspecified atom stereocenters.